The maximum absolute atomic E-state index is 13.6. The molecular formula is C30H42N8O4. The van der Waals surface area contributed by atoms with Crippen LogP contribution in [0.4, 0.5) is 22.1 Å². The van der Waals surface area contributed by atoms with E-state index in [2.05, 4.69) is 33.2 Å². The molecule has 12 heteroatoms. The highest BCUT2D eigenvalue weighted by molar-refractivity contribution is 5.88. The van der Waals surface area contributed by atoms with Crippen molar-refractivity contribution in [2.45, 2.75) is 84.5 Å². The minimum Gasteiger partial charge on any atom is -0.444 e. The van der Waals surface area contributed by atoms with Crippen LogP contribution in [0.25, 0.3) is 11.2 Å². The van der Waals surface area contributed by atoms with Crippen LogP contribution < -0.4 is 20.7 Å². The lowest BCUT2D eigenvalue weighted by Crippen LogP contribution is -2.47. The average molecular weight is 579 g/mol. The first-order valence-corrected chi connectivity index (χ1v) is 15.2. The molecule has 1 atom stereocenters. The number of alkyl carbamates (subject to hydrolysis) is 1. The van der Waals surface area contributed by atoms with Crippen LogP contribution in [-0.2, 0) is 15.9 Å². The molecule has 2 N–H and O–H groups in total. The Labute approximate surface area is 245 Å². The van der Waals surface area contributed by atoms with E-state index in [1.807, 2.05) is 42.6 Å². The molecule has 0 saturated carbocycles. The Morgan fingerprint density at radius 3 is 2.74 bits per heavy atom. The fourth-order valence-electron chi connectivity index (χ4n) is 6.12. The maximum Gasteiger partial charge on any atom is 0.407 e. The highest BCUT2D eigenvalue weighted by Crippen LogP contribution is 2.37. The van der Waals surface area contributed by atoms with Gasteiger partial charge in [0, 0.05) is 39.0 Å². The Hall–Kier alpha value is -3.67. The van der Waals surface area contributed by atoms with Crippen molar-refractivity contribution in [3.05, 3.63) is 34.4 Å². The van der Waals surface area contributed by atoms with E-state index in [1.54, 1.807) is 0 Å². The summed E-state index contributed by atoms with van der Waals surface area (Å²) in [5, 5.41) is 7.97. The summed E-state index contributed by atoms with van der Waals surface area (Å²) in [5.74, 6) is 1.08. The molecular weight excluding hydrogens is 536 g/mol. The molecule has 3 aromatic rings. The van der Waals surface area contributed by atoms with Crippen LogP contribution in [0.15, 0.2) is 23.1 Å². The summed E-state index contributed by atoms with van der Waals surface area (Å²) in [4.78, 5) is 42.7. The fourth-order valence-corrected chi connectivity index (χ4v) is 6.12. The number of nitrogens with one attached hydrogen (secondary N) is 2. The molecule has 1 unspecified atom stereocenters. The summed E-state index contributed by atoms with van der Waals surface area (Å²) in [6.45, 7) is 11.0. The number of hydrogen-bond donors (Lipinski definition) is 2. The standard InChI is InChI=1S/C30H42N8O4/c1-29(2,3)42-28(40)32-19-30(4)12-16-36(17-13-30)26-27(39)33-23-24(34-26)38(22-11-5-6-18-41-22)35-25(23)37-15-8-9-20-21(37)10-7-14-31-20/h7,10,14,22H,5-6,8-9,11-13,15-19H2,1-4H3,(H,32,40)(H,33,39). The Balaban J connectivity index is 1.28. The van der Waals surface area contributed by atoms with E-state index in [4.69, 9.17) is 19.6 Å². The van der Waals surface area contributed by atoms with Crippen LogP contribution in [0.1, 0.15) is 78.1 Å². The lowest BCUT2D eigenvalue weighted by Gasteiger charge is -2.39. The topological polar surface area (TPSA) is 130 Å². The van der Waals surface area contributed by atoms with Gasteiger partial charge in [-0.1, -0.05) is 6.92 Å². The van der Waals surface area contributed by atoms with Gasteiger partial charge in [-0.05, 0) is 83.3 Å². The maximum atomic E-state index is 13.6. The SMILES string of the molecule is CC1(CNC(=O)OC(C)(C)C)CCN(c2nc3c([nH]c2=O)c(N2CCCc4ncccc42)nn3C2CCCCO2)CC1. The number of carbonyl (C=O) groups is 1. The number of anilines is 3. The number of aryl methyl sites for hydroxylation is 1. The van der Waals surface area contributed by atoms with Crippen molar-refractivity contribution >= 4 is 34.6 Å². The van der Waals surface area contributed by atoms with E-state index < -0.39 is 11.7 Å². The number of aromatic nitrogens is 5. The van der Waals surface area contributed by atoms with Gasteiger partial charge in [-0.3, -0.25) is 9.78 Å². The van der Waals surface area contributed by atoms with Crippen molar-refractivity contribution in [3.8, 4) is 0 Å². The summed E-state index contributed by atoms with van der Waals surface area (Å²) in [5.41, 5.74) is 2.42. The number of amides is 1. The van der Waals surface area contributed by atoms with Crippen LogP contribution in [-0.4, -0.2) is 69.2 Å². The normalized spacial score (nSPS) is 20.8. The van der Waals surface area contributed by atoms with Crippen LogP contribution >= 0.6 is 0 Å². The molecule has 3 aliphatic heterocycles. The zero-order valence-electron chi connectivity index (χ0n) is 25.1. The monoisotopic (exact) mass is 578 g/mol. The van der Waals surface area contributed by atoms with E-state index in [9.17, 15) is 9.59 Å². The predicted molar refractivity (Wildman–Crippen MR) is 160 cm³/mol. The summed E-state index contributed by atoms with van der Waals surface area (Å²) < 4.78 is 13.4. The molecule has 0 aromatic carbocycles. The Kier molecular flexibility index (Phi) is 7.59. The molecule has 1 amide bonds. The van der Waals surface area contributed by atoms with Gasteiger partial charge in [0.1, 0.15) is 11.1 Å². The first-order chi connectivity index (χ1) is 20.1. The third-order valence-corrected chi connectivity index (χ3v) is 8.48. The van der Waals surface area contributed by atoms with Gasteiger partial charge in [0.2, 0.25) is 0 Å². The molecule has 6 heterocycles. The average Bonchev–Trinajstić information content (AvgIpc) is 3.33. The number of H-pyrrole nitrogens is 1. The molecule has 0 aliphatic carbocycles. The largest absolute Gasteiger partial charge is 0.444 e. The summed E-state index contributed by atoms with van der Waals surface area (Å²) in [6.07, 6.45) is 7.57. The van der Waals surface area contributed by atoms with Gasteiger partial charge < -0.3 is 29.6 Å². The third-order valence-electron chi connectivity index (χ3n) is 8.48. The van der Waals surface area contributed by atoms with Gasteiger partial charge in [0.25, 0.3) is 5.56 Å². The number of nitrogens with zero attached hydrogens (tertiary/aromatic N) is 6. The molecule has 2 saturated heterocycles. The van der Waals surface area contributed by atoms with Crippen LogP contribution in [0.2, 0.25) is 0 Å². The summed E-state index contributed by atoms with van der Waals surface area (Å²) >= 11 is 0. The highest BCUT2D eigenvalue weighted by atomic mass is 16.6. The van der Waals surface area contributed by atoms with Crippen molar-refractivity contribution < 1.29 is 14.3 Å². The van der Waals surface area contributed by atoms with E-state index >= 15 is 0 Å². The van der Waals surface area contributed by atoms with E-state index in [0.29, 0.717) is 49.0 Å². The van der Waals surface area contributed by atoms with Gasteiger partial charge in [-0.15, -0.1) is 5.10 Å². The van der Waals surface area contributed by atoms with E-state index in [-0.39, 0.29) is 17.2 Å². The van der Waals surface area contributed by atoms with Crippen molar-refractivity contribution in [3.63, 3.8) is 0 Å². The van der Waals surface area contributed by atoms with Crippen LogP contribution in [0, 0.1) is 5.41 Å². The number of piperidine rings is 1. The van der Waals surface area contributed by atoms with Gasteiger partial charge >= 0.3 is 6.09 Å². The lowest BCUT2D eigenvalue weighted by atomic mass is 9.80. The van der Waals surface area contributed by atoms with Crippen molar-refractivity contribution in [2.75, 3.05) is 42.6 Å². The smallest absolute Gasteiger partial charge is 0.407 e. The van der Waals surface area contributed by atoms with Gasteiger partial charge in [0.15, 0.2) is 23.5 Å². The molecule has 3 aliphatic rings. The minimum atomic E-state index is -0.539. The molecule has 0 radical (unpaired) electrons. The molecule has 0 bridgehead atoms. The van der Waals surface area contributed by atoms with Crippen LogP contribution in [0.3, 0.4) is 0 Å². The second kappa shape index (κ2) is 11.2. The summed E-state index contributed by atoms with van der Waals surface area (Å²) in [6, 6.07) is 4.00. The van der Waals surface area contributed by atoms with Crippen molar-refractivity contribution in [1.82, 2.24) is 30.0 Å². The van der Waals surface area contributed by atoms with Crippen molar-refractivity contribution in [2.24, 2.45) is 5.41 Å². The minimum absolute atomic E-state index is 0.106. The van der Waals surface area contributed by atoms with E-state index in [1.165, 1.54) is 0 Å². The molecule has 42 heavy (non-hydrogen) atoms. The zero-order chi connectivity index (χ0) is 29.5. The van der Waals surface area contributed by atoms with Gasteiger partial charge in [-0.2, -0.15) is 0 Å². The number of hydrogen-bond acceptors (Lipinski definition) is 9. The molecule has 2 fully saturated rings. The molecule has 3 aromatic heterocycles. The first-order valence-electron chi connectivity index (χ1n) is 15.2. The molecule has 0 spiro atoms. The zero-order valence-corrected chi connectivity index (χ0v) is 25.1. The van der Waals surface area contributed by atoms with E-state index in [0.717, 1.165) is 62.9 Å². The van der Waals surface area contributed by atoms with Crippen LogP contribution in [0.5, 0.6) is 0 Å². The second-order valence-electron chi connectivity index (χ2n) is 13.1. The number of carbonyl (C=O) groups excluding carboxylic acids is 1. The molecule has 12 nitrogen and oxygen atoms in total. The Morgan fingerprint density at radius 2 is 2.00 bits per heavy atom. The molecule has 226 valence electrons. The number of aromatic amines is 1. The molecule has 6 rings (SSSR count). The predicted octanol–water partition coefficient (Wildman–Crippen LogP) is 4.43. The lowest BCUT2D eigenvalue weighted by molar-refractivity contribution is -0.0368. The third kappa shape index (κ3) is 5.81. The highest BCUT2D eigenvalue weighted by Gasteiger charge is 2.34. The number of rotatable bonds is 5. The second-order valence-corrected chi connectivity index (χ2v) is 13.1. The number of fused-ring (bicyclic) bond motifs is 2. The fraction of sp³-hybridized carbons (Fsp3) is 0.633. The number of ether oxygens (including phenoxy) is 2. The van der Waals surface area contributed by atoms with Gasteiger partial charge in [0.05, 0.1) is 11.4 Å². The first kappa shape index (κ1) is 28.4. The van der Waals surface area contributed by atoms with Crippen molar-refractivity contribution in [1.29, 1.82) is 0 Å². The number of pyridine rings is 1. The Bertz CT molecular complexity index is 1500. The Morgan fingerprint density at radius 1 is 1.19 bits per heavy atom. The van der Waals surface area contributed by atoms with Gasteiger partial charge in [-0.25, -0.2) is 14.5 Å². The quantitative estimate of drug-likeness (QED) is 0.451. The summed E-state index contributed by atoms with van der Waals surface area (Å²) in [7, 11) is 0.